The molecule has 24 heavy (non-hydrogen) atoms. The highest BCUT2D eigenvalue weighted by atomic mass is 127. The van der Waals surface area contributed by atoms with Gasteiger partial charge >= 0.3 is 0 Å². The summed E-state index contributed by atoms with van der Waals surface area (Å²) < 4.78 is 1.97. The molecule has 0 bridgehead atoms. The zero-order valence-corrected chi connectivity index (χ0v) is 17.6. The molecule has 1 aromatic heterocycles. The van der Waals surface area contributed by atoms with E-state index in [2.05, 4.69) is 46.2 Å². The molecule has 0 atom stereocenters. The first-order valence-corrected chi connectivity index (χ1v) is 8.42. The Bertz CT molecular complexity index is 553. The second-order valence-electron chi connectivity index (χ2n) is 7.14. The average molecular weight is 446 g/mol. The number of aryl methyl sites for hydroxylation is 1. The SMILES string of the molecule is C=CCNC(=NCc1nnc(C)n1C)NC1CCC(C)(C)CC1.I. The second-order valence-corrected chi connectivity index (χ2v) is 7.14. The number of hydrogen-bond acceptors (Lipinski definition) is 3. The summed E-state index contributed by atoms with van der Waals surface area (Å²) in [5, 5.41) is 15.1. The third-order valence-corrected chi connectivity index (χ3v) is 4.66. The van der Waals surface area contributed by atoms with E-state index in [0.717, 1.165) is 17.6 Å². The minimum Gasteiger partial charge on any atom is -0.354 e. The van der Waals surface area contributed by atoms with Crippen molar-refractivity contribution in [3.05, 3.63) is 24.3 Å². The predicted molar refractivity (Wildman–Crippen MR) is 110 cm³/mol. The molecule has 0 amide bonds. The summed E-state index contributed by atoms with van der Waals surface area (Å²) in [6.45, 7) is 11.6. The van der Waals surface area contributed by atoms with Crippen LogP contribution in [0.1, 0.15) is 51.2 Å². The first kappa shape index (κ1) is 20.9. The van der Waals surface area contributed by atoms with Crippen LogP contribution in [0.5, 0.6) is 0 Å². The van der Waals surface area contributed by atoms with Crippen LogP contribution in [0.4, 0.5) is 0 Å². The molecular formula is C17H31IN6. The minimum atomic E-state index is 0. The lowest BCUT2D eigenvalue weighted by Crippen LogP contribution is -2.45. The molecule has 1 heterocycles. The van der Waals surface area contributed by atoms with Gasteiger partial charge in [-0.3, -0.25) is 0 Å². The Balaban J connectivity index is 0.00000288. The molecule has 0 spiro atoms. The fraction of sp³-hybridized carbons (Fsp3) is 0.706. The molecule has 1 fully saturated rings. The van der Waals surface area contributed by atoms with Crippen LogP contribution in [0.3, 0.4) is 0 Å². The monoisotopic (exact) mass is 446 g/mol. The zero-order chi connectivity index (χ0) is 16.9. The Morgan fingerprint density at radius 1 is 1.38 bits per heavy atom. The molecule has 6 nitrogen and oxygen atoms in total. The smallest absolute Gasteiger partial charge is 0.192 e. The Labute approximate surface area is 162 Å². The van der Waals surface area contributed by atoms with Crippen LogP contribution in [0.15, 0.2) is 17.6 Å². The molecule has 0 radical (unpaired) electrons. The lowest BCUT2D eigenvalue weighted by molar-refractivity contribution is 0.216. The highest BCUT2D eigenvalue weighted by Crippen LogP contribution is 2.34. The van der Waals surface area contributed by atoms with E-state index in [1.54, 1.807) is 0 Å². The van der Waals surface area contributed by atoms with Gasteiger partial charge in [-0.2, -0.15) is 0 Å². The molecule has 7 heteroatoms. The maximum absolute atomic E-state index is 4.66. The summed E-state index contributed by atoms with van der Waals surface area (Å²) in [6.07, 6.45) is 6.72. The van der Waals surface area contributed by atoms with Gasteiger partial charge in [0.05, 0.1) is 0 Å². The van der Waals surface area contributed by atoms with Crippen LogP contribution < -0.4 is 10.6 Å². The fourth-order valence-electron chi connectivity index (χ4n) is 2.80. The number of rotatable bonds is 5. The Morgan fingerprint density at radius 3 is 2.58 bits per heavy atom. The maximum Gasteiger partial charge on any atom is 0.192 e. The number of nitrogens with one attached hydrogen (secondary N) is 2. The van der Waals surface area contributed by atoms with Crippen molar-refractivity contribution in [2.45, 2.75) is 59.0 Å². The summed E-state index contributed by atoms with van der Waals surface area (Å²) >= 11 is 0. The maximum atomic E-state index is 4.66. The van der Waals surface area contributed by atoms with E-state index in [1.807, 2.05) is 24.6 Å². The summed E-state index contributed by atoms with van der Waals surface area (Å²) in [5.74, 6) is 2.60. The molecule has 0 aliphatic heterocycles. The van der Waals surface area contributed by atoms with Gasteiger partial charge in [0.25, 0.3) is 0 Å². The van der Waals surface area contributed by atoms with Gasteiger partial charge in [0.15, 0.2) is 11.8 Å². The first-order valence-electron chi connectivity index (χ1n) is 8.42. The lowest BCUT2D eigenvalue weighted by Gasteiger charge is -2.35. The van der Waals surface area contributed by atoms with Crippen molar-refractivity contribution in [2.75, 3.05) is 6.54 Å². The van der Waals surface area contributed by atoms with Crippen LogP contribution in [0, 0.1) is 12.3 Å². The molecule has 1 aliphatic rings. The van der Waals surface area contributed by atoms with Gasteiger partial charge in [-0.05, 0) is 38.0 Å². The number of aromatic nitrogens is 3. The van der Waals surface area contributed by atoms with E-state index in [0.29, 0.717) is 24.5 Å². The van der Waals surface area contributed by atoms with E-state index in [9.17, 15) is 0 Å². The molecule has 1 aromatic rings. The number of halogens is 1. The second kappa shape index (κ2) is 9.39. The summed E-state index contributed by atoms with van der Waals surface area (Å²) in [6, 6.07) is 0.486. The van der Waals surface area contributed by atoms with E-state index >= 15 is 0 Å². The van der Waals surface area contributed by atoms with Crippen molar-refractivity contribution in [2.24, 2.45) is 17.5 Å². The number of guanidine groups is 1. The summed E-state index contributed by atoms with van der Waals surface area (Å²) in [5.41, 5.74) is 0.472. The van der Waals surface area contributed by atoms with Gasteiger partial charge in [0.1, 0.15) is 12.4 Å². The van der Waals surface area contributed by atoms with Crippen molar-refractivity contribution in [3.8, 4) is 0 Å². The molecule has 1 saturated carbocycles. The zero-order valence-electron chi connectivity index (χ0n) is 15.3. The van der Waals surface area contributed by atoms with E-state index in [4.69, 9.17) is 0 Å². The van der Waals surface area contributed by atoms with Gasteiger partial charge in [-0.1, -0.05) is 19.9 Å². The molecule has 2 rings (SSSR count). The summed E-state index contributed by atoms with van der Waals surface area (Å²) in [7, 11) is 1.97. The highest BCUT2D eigenvalue weighted by molar-refractivity contribution is 14.0. The average Bonchev–Trinajstić information content (AvgIpc) is 2.83. The van der Waals surface area contributed by atoms with Crippen molar-refractivity contribution in [1.29, 1.82) is 0 Å². The Hall–Kier alpha value is -1.12. The van der Waals surface area contributed by atoms with Crippen LogP contribution in [0.2, 0.25) is 0 Å². The largest absolute Gasteiger partial charge is 0.354 e. The minimum absolute atomic E-state index is 0. The number of nitrogens with zero attached hydrogens (tertiary/aromatic N) is 4. The first-order chi connectivity index (χ1) is 10.9. The topological polar surface area (TPSA) is 67.1 Å². The lowest BCUT2D eigenvalue weighted by atomic mass is 9.75. The van der Waals surface area contributed by atoms with Crippen LogP contribution in [-0.2, 0) is 13.6 Å². The third kappa shape index (κ3) is 6.07. The molecule has 136 valence electrons. The van der Waals surface area contributed by atoms with Crippen molar-refractivity contribution in [1.82, 2.24) is 25.4 Å². The number of aliphatic imine (C=N–C) groups is 1. The third-order valence-electron chi connectivity index (χ3n) is 4.66. The van der Waals surface area contributed by atoms with E-state index in [-0.39, 0.29) is 24.0 Å². The van der Waals surface area contributed by atoms with Gasteiger partial charge in [0, 0.05) is 19.6 Å². The molecule has 0 unspecified atom stereocenters. The quantitative estimate of drug-likeness (QED) is 0.316. The van der Waals surface area contributed by atoms with Crippen molar-refractivity contribution in [3.63, 3.8) is 0 Å². The Kier molecular flexibility index (Phi) is 8.18. The van der Waals surface area contributed by atoms with Gasteiger partial charge in [0.2, 0.25) is 0 Å². The van der Waals surface area contributed by atoms with E-state index < -0.39 is 0 Å². The molecule has 0 saturated heterocycles. The van der Waals surface area contributed by atoms with Crippen LogP contribution in [-0.4, -0.2) is 33.3 Å². The molecule has 2 N–H and O–H groups in total. The predicted octanol–water partition coefficient (Wildman–Crippen LogP) is 2.93. The standard InChI is InChI=1S/C17H30N6.HI/c1-6-11-18-16(19-12-15-22-21-13(2)23(15)5)20-14-7-9-17(3,4)10-8-14;/h6,14H,1,7-12H2,2-5H3,(H2,18,19,20);1H. The van der Waals surface area contributed by atoms with Gasteiger partial charge in [-0.25, -0.2) is 4.99 Å². The molecule has 0 aromatic carbocycles. The normalized spacial score (nSPS) is 17.9. The van der Waals surface area contributed by atoms with Crippen LogP contribution in [0.25, 0.3) is 0 Å². The van der Waals surface area contributed by atoms with Crippen molar-refractivity contribution < 1.29 is 0 Å². The van der Waals surface area contributed by atoms with Gasteiger partial charge < -0.3 is 15.2 Å². The molecule has 1 aliphatic carbocycles. The van der Waals surface area contributed by atoms with Crippen molar-refractivity contribution >= 4 is 29.9 Å². The highest BCUT2D eigenvalue weighted by Gasteiger charge is 2.27. The summed E-state index contributed by atoms with van der Waals surface area (Å²) in [4.78, 5) is 4.66. The van der Waals surface area contributed by atoms with E-state index in [1.165, 1.54) is 25.7 Å². The fourth-order valence-corrected chi connectivity index (χ4v) is 2.80. The van der Waals surface area contributed by atoms with Crippen LogP contribution >= 0.6 is 24.0 Å². The number of hydrogen-bond donors (Lipinski definition) is 2. The Morgan fingerprint density at radius 2 is 2.04 bits per heavy atom. The van der Waals surface area contributed by atoms with Gasteiger partial charge in [-0.15, -0.1) is 40.8 Å². The molecular weight excluding hydrogens is 415 g/mol.